The molecule has 1 aliphatic heterocycles. The number of fused-ring (bicyclic) bond motifs is 2. The van der Waals surface area contributed by atoms with E-state index in [1.165, 1.54) is 4.90 Å². The molecule has 3 aromatic rings. The van der Waals surface area contributed by atoms with Gasteiger partial charge < -0.3 is 9.88 Å². The second-order valence-electron chi connectivity index (χ2n) is 6.17. The number of hydrogen-bond donors (Lipinski definition) is 1. The minimum absolute atomic E-state index is 0.286. The zero-order valence-corrected chi connectivity index (χ0v) is 14.9. The first-order valence-corrected chi connectivity index (χ1v) is 8.51. The van der Waals surface area contributed by atoms with Gasteiger partial charge in [-0.15, -0.1) is 0 Å². The highest BCUT2D eigenvalue weighted by atomic mass is 79.9. The number of aromatic amines is 1. The van der Waals surface area contributed by atoms with Crippen LogP contribution in [0.1, 0.15) is 11.1 Å². The number of rotatable bonds is 3. The third-order valence-corrected chi connectivity index (χ3v) is 5.36. The van der Waals surface area contributed by atoms with E-state index in [-0.39, 0.29) is 5.91 Å². The average molecular weight is 400 g/mol. The maximum Gasteiger partial charge on any atom is 0.248 e. The largest absolute Gasteiger partial charge is 0.361 e. The predicted octanol–water partition coefficient (Wildman–Crippen LogP) is 3.47. The lowest BCUT2D eigenvalue weighted by Crippen LogP contribution is -2.44. The molecule has 7 heteroatoms. The van der Waals surface area contributed by atoms with Crippen molar-refractivity contribution in [3.63, 3.8) is 0 Å². The molecule has 4 rings (SSSR count). The molecule has 0 spiro atoms. The van der Waals surface area contributed by atoms with Crippen molar-refractivity contribution in [2.45, 2.75) is 5.41 Å². The lowest BCUT2D eigenvalue weighted by molar-refractivity contribution is -0.486. The van der Waals surface area contributed by atoms with Crippen molar-refractivity contribution in [3.8, 4) is 0 Å². The van der Waals surface area contributed by atoms with Crippen LogP contribution in [-0.2, 0) is 10.2 Å². The monoisotopic (exact) mass is 399 g/mol. The van der Waals surface area contributed by atoms with Gasteiger partial charge in [0.05, 0.1) is 0 Å². The van der Waals surface area contributed by atoms with Crippen LogP contribution < -0.4 is 4.90 Å². The Hall–Kier alpha value is -2.67. The molecule has 1 amide bonds. The topological polar surface area (TPSA) is 79.2 Å². The molecule has 2 aromatic carbocycles. The maximum atomic E-state index is 13.2. The molecular formula is C18H14BrN3O3. The van der Waals surface area contributed by atoms with Crippen molar-refractivity contribution >= 4 is 38.4 Å². The van der Waals surface area contributed by atoms with Gasteiger partial charge in [0.25, 0.3) is 0 Å². The summed E-state index contributed by atoms with van der Waals surface area (Å²) in [5, 5.41) is 12.3. The smallest absolute Gasteiger partial charge is 0.248 e. The van der Waals surface area contributed by atoms with Crippen molar-refractivity contribution in [3.05, 3.63) is 74.4 Å². The van der Waals surface area contributed by atoms with Crippen molar-refractivity contribution in [2.75, 3.05) is 18.5 Å². The lowest BCUT2D eigenvalue weighted by Gasteiger charge is -2.24. The van der Waals surface area contributed by atoms with Crippen LogP contribution in [0.2, 0.25) is 0 Å². The second-order valence-corrected chi connectivity index (χ2v) is 7.09. The minimum Gasteiger partial charge on any atom is -0.361 e. The number of H-pyrrole nitrogens is 1. The SMILES string of the molecule is CN1C(=O)[C@@](C[N+](=O)[O-])(c2c[nH]c3ccc(Br)cc23)c2ccccc21. The maximum absolute atomic E-state index is 13.2. The lowest BCUT2D eigenvalue weighted by atomic mass is 9.75. The molecule has 126 valence electrons. The Bertz CT molecular complexity index is 1030. The summed E-state index contributed by atoms with van der Waals surface area (Å²) < 4.78 is 0.851. The Balaban J connectivity index is 2.09. The zero-order chi connectivity index (χ0) is 17.8. The molecule has 0 radical (unpaired) electrons. The summed E-state index contributed by atoms with van der Waals surface area (Å²) in [4.78, 5) is 29.0. The number of anilines is 1. The van der Waals surface area contributed by atoms with E-state index >= 15 is 0 Å². The molecule has 2 heterocycles. The fourth-order valence-corrected chi connectivity index (χ4v) is 4.14. The van der Waals surface area contributed by atoms with E-state index in [1.807, 2.05) is 36.4 Å². The molecule has 0 saturated heterocycles. The molecule has 0 aliphatic carbocycles. The summed E-state index contributed by atoms with van der Waals surface area (Å²) in [5.41, 5.74) is 1.50. The summed E-state index contributed by atoms with van der Waals surface area (Å²) in [7, 11) is 1.66. The van der Waals surface area contributed by atoms with E-state index in [1.54, 1.807) is 19.3 Å². The van der Waals surface area contributed by atoms with Crippen LogP contribution in [0.3, 0.4) is 0 Å². The highest BCUT2D eigenvalue weighted by Gasteiger charge is 2.55. The highest BCUT2D eigenvalue weighted by Crippen LogP contribution is 2.47. The van der Waals surface area contributed by atoms with E-state index < -0.39 is 16.9 Å². The van der Waals surface area contributed by atoms with E-state index in [0.29, 0.717) is 16.8 Å². The molecule has 6 nitrogen and oxygen atoms in total. The van der Waals surface area contributed by atoms with Gasteiger partial charge in [0.2, 0.25) is 12.5 Å². The van der Waals surface area contributed by atoms with Crippen LogP contribution in [0.4, 0.5) is 5.69 Å². The van der Waals surface area contributed by atoms with Gasteiger partial charge in [-0.1, -0.05) is 34.1 Å². The van der Waals surface area contributed by atoms with Crippen LogP contribution in [0.15, 0.2) is 53.1 Å². The minimum atomic E-state index is -1.34. The number of hydrogen-bond acceptors (Lipinski definition) is 3. The standard InChI is InChI=1S/C18H14BrN3O3/c1-21-16-5-3-2-4-13(16)18(17(21)23,10-22(24)25)14-9-20-15-7-6-11(19)8-12(14)15/h2-9,20H,10H2,1H3/t18-/m1/s1. The Morgan fingerprint density at radius 1 is 1.24 bits per heavy atom. The van der Waals surface area contributed by atoms with Gasteiger partial charge in [-0.05, 0) is 24.3 Å². The van der Waals surface area contributed by atoms with Gasteiger partial charge in [0, 0.05) is 50.4 Å². The van der Waals surface area contributed by atoms with E-state index in [9.17, 15) is 14.9 Å². The first-order chi connectivity index (χ1) is 11.9. The summed E-state index contributed by atoms with van der Waals surface area (Å²) in [5.74, 6) is -0.286. The van der Waals surface area contributed by atoms with Crippen molar-refractivity contribution < 1.29 is 9.72 Å². The summed E-state index contributed by atoms with van der Waals surface area (Å²) in [6.45, 7) is -0.493. The highest BCUT2D eigenvalue weighted by molar-refractivity contribution is 9.10. The zero-order valence-electron chi connectivity index (χ0n) is 13.3. The van der Waals surface area contributed by atoms with Gasteiger partial charge in [0.1, 0.15) is 0 Å². The molecule has 1 aromatic heterocycles. The van der Waals surface area contributed by atoms with Crippen molar-refractivity contribution in [2.24, 2.45) is 0 Å². The normalized spacial score (nSPS) is 19.4. The summed E-state index contributed by atoms with van der Waals surface area (Å²) in [6.07, 6.45) is 1.72. The average Bonchev–Trinajstić information content (AvgIpc) is 3.09. The molecule has 1 aliphatic rings. The Kier molecular flexibility index (Phi) is 3.43. The Morgan fingerprint density at radius 2 is 2.00 bits per heavy atom. The van der Waals surface area contributed by atoms with Gasteiger partial charge in [0.15, 0.2) is 5.41 Å². The summed E-state index contributed by atoms with van der Waals surface area (Å²) >= 11 is 3.44. The number of nitrogens with zero attached hydrogens (tertiary/aromatic N) is 2. The fourth-order valence-electron chi connectivity index (χ4n) is 3.78. The van der Waals surface area contributed by atoms with Crippen molar-refractivity contribution in [1.29, 1.82) is 0 Å². The number of nitrogens with one attached hydrogen (secondary N) is 1. The van der Waals surface area contributed by atoms with Crippen LogP contribution in [0.5, 0.6) is 0 Å². The number of aromatic nitrogens is 1. The van der Waals surface area contributed by atoms with Crippen LogP contribution in [0.25, 0.3) is 10.9 Å². The molecule has 0 saturated carbocycles. The first-order valence-electron chi connectivity index (χ1n) is 7.72. The number of carbonyl (C=O) groups excluding carboxylic acids is 1. The molecular weight excluding hydrogens is 386 g/mol. The number of benzene rings is 2. The second kappa shape index (κ2) is 5.42. The molecule has 25 heavy (non-hydrogen) atoms. The molecule has 0 fully saturated rings. The third-order valence-electron chi connectivity index (χ3n) is 4.86. The van der Waals surface area contributed by atoms with Gasteiger partial charge >= 0.3 is 0 Å². The molecule has 0 bridgehead atoms. The van der Waals surface area contributed by atoms with Crippen LogP contribution in [-0.4, -0.2) is 29.4 Å². The molecule has 0 unspecified atom stereocenters. The van der Waals surface area contributed by atoms with Crippen LogP contribution >= 0.6 is 15.9 Å². The van der Waals surface area contributed by atoms with Gasteiger partial charge in [-0.3, -0.25) is 14.9 Å². The van der Waals surface area contributed by atoms with Crippen molar-refractivity contribution in [1.82, 2.24) is 4.98 Å². The quantitative estimate of drug-likeness (QED) is 0.540. The number of halogens is 1. The first kappa shape index (κ1) is 15.8. The predicted molar refractivity (Wildman–Crippen MR) is 98.5 cm³/mol. The van der Waals surface area contributed by atoms with E-state index in [2.05, 4.69) is 20.9 Å². The number of amides is 1. The number of carbonyl (C=O) groups is 1. The van der Waals surface area contributed by atoms with Gasteiger partial charge in [-0.25, -0.2) is 0 Å². The Labute approximate surface area is 151 Å². The van der Waals surface area contributed by atoms with Gasteiger partial charge in [-0.2, -0.15) is 0 Å². The Morgan fingerprint density at radius 3 is 2.76 bits per heavy atom. The summed E-state index contributed by atoms with van der Waals surface area (Å²) in [6, 6.07) is 12.9. The number of likely N-dealkylation sites (N-methyl/N-ethyl adjacent to an activating group) is 1. The molecule has 1 N–H and O–H groups in total. The number of para-hydroxylation sites is 1. The third kappa shape index (κ3) is 2.12. The fraction of sp³-hybridized carbons (Fsp3) is 0.167. The van der Waals surface area contributed by atoms with Crippen LogP contribution in [0, 0.1) is 10.1 Å². The van der Waals surface area contributed by atoms with E-state index in [0.717, 1.165) is 15.4 Å². The molecule has 1 atom stereocenters. The van der Waals surface area contributed by atoms with E-state index in [4.69, 9.17) is 0 Å². The number of nitro groups is 1.